The van der Waals surface area contributed by atoms with E-state index in [2.05, 4.69) is 0 Å². The second-order valence-electron chi connectivity index (χ2n) is 2.69. The van der Waals surface area contributed by atoms with E-state index >= 15 is 0 Å². The maximum absolute atomic E-state index is 10.6. The summed E-state index contributed by atoms with van der Waals surface area (Å²) in [6.07, 6.45) is 0.752. The summed E-state index contributed by atoms with van der Waals surface area (Å²) in [6, 6.07) is 0. The molecular formula is C6H7Cl3O. The monoisotopic (exact) mass is 200 g/mol. The number of carbonyl (C=O) groups is 1. The lowest BCUT2D eigenvalue weighted by Crippen LogP contribution is -2.11. The van der Waals surface area contributed by atoms with E-state index in [9.17, 15) is 4.79 Å². The smallest absolute Gasteiger partial charge is 0.225 e. The number of hydrogen-bond acceptors (Lipinski definition) is 1. The molecule has 1 atom stereocenters. The van der Waals surface area contributed by atoms with Gasteiger partial charge in [-0.25, -0.2) is 0 Å². The minimum atomic E-state index is -0.304. The van der Waals surface area contributed by atoms with Gasteiger partial charge in [-0.3, -0.25) is 4.79 Å². The van der Waals surface area contributed by atoms with Gasteiger partial charge < -0.3 is 0 Å². The highest BCUT2D eigenvalue weighted by molar-refractivity contribution is 6.64. The van der Waals surface area contributed by atoms with Crippen LogP contribution in [0, 0.1) is 11.3 Å². The predicted octanol–water partition coefficient (Wildman–Crippen LogP) is 2.24. The average molecular weight is 201 g/mol. The number of carbonyl (C=O) groups excluding carboxylic acids is 1. The zero-order chi connectivity index (χ0) is 7.78. The molecule has 1 aliphatic rings. The Kier molecular flexibility index (Phi) is 2.49. The van der Waals surface area contributed by atoms with Crippen LogP contribution in [-0.4, -0.2) is 17.0 Å². The third-order valence-corrected chi connectivity index (χ3v) is 3.32. The average Bonchev–Trinajstić information content (AvgIpc) is 2.63. The van der Waals surface area contributed by atoms with Crippen LogP contribution >= 0.6 is 34.8 Å². The van der Waals surface area contributed by atoms with Crippen molar-refractivity contribution in [3.05, 3.63) is 0 Å². The number of alkyl halides is 2. The third kappa shape index (κ3) is 1.27. The molecule has 0 aromatic rings. The van der Waals surface area contributed by atoms with E-state index in [0.717, 1.165) is 6.42 Å². The maximum Gasteiger partial charge on any atom is 0.225 e. The molecule has 1 unspecified atom stereocenters. The summed E-state index contributed by atoms with van der Waals surface area (Å²) in [5.41, 5.74) is -0.179. The van der Waals surface area contributed by atoms with E-state index in [0.29, 0.717) is 11.8 Å². The molecule has 0 amide bonds. The van der Waals surface area contributed by atoms with E-state index in [1.165, 1.54) is 0 Å². The minimum absolute atomic E-state index is 0.0934. The minimum Gasteiger partial charge on any atom is -0.281 e. The topological polar surface area (TPSA) is 17.1 Å². The first kappa shape index (κ1) is 8.63. The summed E-state index contributed by atoms with van der Waals surface area (Å²) in [5, 5.41) is -0.304. The Morgan fingerprint density at radius 3 is 2.10 bits per heavy atom. The molecule has 0 saturated heterocycles. The number of hydrogen-bond donors (Lipinski definition) is 0. The SMILES string of the molecule is O=C(Cl)C1CC1(CCl)CCl. The van der Waals surface area contributed by atoms with Crippen LogP contribution in [0.2, 0.25) is 0 Å². The molecule has 4 heteroatoms. The van der Waals surface area contributed by atoms with Gasteiger partial charge in [-0.05, 0) is 18.0 Å². The Balaban J connectivity index is 2.53. The van der Waals surface area contributed by atoms with Crippen molar-refractivity contribution in [3.63, 3.8) is 0 Å². The summed E-state index contributed by atoms with van der Waals surface area (Å²) >= 11 is 16.5. The molecule has 0 bridgehead atoms. The largest absolute Gasteiger partial charge is 0.281 e. The highest BCUT2D eigenvalue weighted by Crippen LogP contribution is 2.55. The van der Waals surface area contributed by atoms with Crippen molar-refractivity contribution >= 4 is 40.0 Å². The van der Waals surface area contributed by atoms with Crippen LogP contribution in [0.4, 0.5) is 0 Å². The lowest BCUT2D eigenvalue weighted by molar-refractivity contribution is -0.113. The van der Waals surface area contributed by atoms with Crippen LogP contribution in [0.5, 0.6) is 0 Å². The van der Waals surface area contributed by atoms with Gasteiger partial charge in [-0.2, -0.15) is 0 Å². The van der Waals surface area contributed by atoms with Gasteiger partial charge in [0, 0.05) is 23.1 Å². The molecule has 0 aromatic carbocycles. The van der Waals surface area contributed by atoms with Gasteiger partial charge in [-0.15, -0.1) is 23.2 Å². The van der Waals surface area contributed by atoms with Gasteiger partial charge in [0.1, 0.15) is 0 Å². The highest BCUT2D eigenvalue weighted by Gasteiger charge is 2.56. The summed E-state index contributed by atoms with van der Waals surface area (Å²) in [7, 11) is 0. The van der Waals surface area contributed by atoms with E-state index in [1.807, 2.05) is 0 Å². The normalized spacial score (nSPS) is 28.1. The van der Waals surface area contributed by atoms with Gasteiger partial charge in [0.25, 0.3) is 0 Å². The van der Waals surface area contributed by atoms with Crippen molar-refractivity contribution in [2.24, 2.45) is 11.3 Å². The summed E-state index contributed by atoms with van der Waals surface area (Å²) in [4.78, 5) is 10.6. The molecule has 58 valence electrons. The molecule has 1 fully saturated rings. The van der Waals surface area contributed by atoms with Crippen molar-refractivity contribution < 1.29 is 4.79 Å². The van der Waals surface area contributed by atoms with Crippen molar-refractivity contribution in [2.75, 3.05) is 11.8 Å². The molecule has 0 heterocycles. The fourth-order valence-corrected chi connectivity index (χ4v) is 2.18. The second kappa shape index (κ2) is 2.88. The van der Waals surface area contributed by atoms with Gasteiger partial charge in [0.2, 0.25) is 5.24 Å². The number of halogens is 3. The molecule has 1 aliphatic carbocycles. The maximum atomic E-state index is 10.6. The molecule has 1 rings (SSSR count). The van der Waals surface area contributed by atoms with Crippen LogP contribution in [0.15, 0.2) is 0 Å². The molecule has 0 N–H and O–H groups in total. The number of rotatable bonds is 3. The third-order valence-electron chi connectivity index (χ3n) is 2.00. The highest BCUT2D eigenvalue weighted by atomic mass is 35.5. The molecule has 0 spiro atoms. The first-order valence-corrected chi connectivity index (χ1v) is 4.42. The second-order valence-corrected chi connectivity index (χ2v) is 3.60. The molecule has 10 heavy (non-hydrogen) atoms. The van der Waals surface area contributed by atoms with E-state index in [1.54, 1.807) is 0 Å². The van der Waals surface area contributed by atoms with E-state index in [4.69, 9.17) is 34.8 Å². The molecule has 0 aromatic heterocycles. The lowest BCUT2D eigenvalue weighted by atomic mass is 10.1. The summed E-state index contributed by atoms with van der Waals surface area (Å²) in [5.74, 6) is 0.767. The van der Waals surface area contributed by atoms with Gasteiger partial charge in [0.15, 0.2) is 0 Å². The molecule has 0 radical (unpaired) electrons. The lowest BCUT2D eigenvalue weighted by Gasteiger charge is -2.05. The van der Waals surface area contributed by atoms with Crippen molar-refractivity contribution in [1.29, 1.82) is 0 Å². The quantitative estimate of drug-likeness (QED) is 0.506. The van der Waals surface area contributed by atoms with Crippen LogP contribution < -0.4 is 0 Å². The Morgan fingerprint density at radius 1 is 1.50 bits per heavy atom. The van der Waals surface area contributed by atoms with Crippen molar-refractivity contribution in [1.82, 2.24) is 0 Å². The van der Waals surface area contributed by atoms with Crippen molar-refractivity contribution in [2.45, 2.75) is 6.42 Å². The molecular weight excluding hydrogens is 194 g/mol. The molecule has 1 nitrogen and oxygen atoms in total. The Hall–Kier alpha value is 0.540. The van der Waals surface area contributed by atoms with Gasteiger partial charge >= 0.3 is 0 Å². The zero-order valence-corrected chi connectivity index (χ0v) is 7.51. The van der Waals surface area contributed by atoms with Crippen LogP contribution in [0.3, 0.4) is 0 Å². The van der Waals surface area contributed by atoms with E-state index in [-0.39, 0.29) is 16.6 Å². The van der Waals surface area contributed by atoms with Crippen LogP contribution in [0.25, 0.3) is 0 Å². The molecule has 0 aliphatic heterocycles. The fraction of sp³-hybridized carbons (Fsp3) is 0.833. The van der Waals surface area contributed by atoms with Crippen LogP contribution in [-0.2, 0) is 4.79 Å². The first-order chi connectivity index (χ1) is 4.66. The summed E-state index contributed by atoms with van der Waals surface area (Å²) in [6.45, 7) is 0. The predicted molar refractivity (Wildman–Crippen MR) is 42.8 cm³/mol. The fourth-order valence-electron chi connectivity index (χ4n) is 1.000. The van der Waals surface area contributed by atoms with Crippen LogP contribution in [0.1, 0.15) is 6.42 Å². The van der Waals surface area contributed by atoms with E-state index < -0.39 is 0 Å². The Morgan fingerprint density at radius 2 is 2.00 bits per heavy atom. The van der Waals surface area contributed by atoms with Gasteiger partial charge in [0.05, 0.1) is 0 Å². The van der Waals surface area contributed by atoms with Gasteiger partial charge in [-0.1, -0.05) is 0 Å². The Bertz CT molecular complexity index is 153. The first-order valence-electron chi connectivity index (χ1n) is 2.97. The molecule has 1 saturated carbocycles. The van der Waals surface area contributed by atoms with Crippen molar-refractivity contribution in [3.8, 4) is 0 Å². The summed E-state index contributed by atoms with van der Waals surface area (Å²) < 4.78 is 0. The Labute approximate surface area is 74.6 Å². The standard InChI is InChI=1S/C6H7Cl3O/c7-2-6(3-8)1-4(6)5(9)10/h4H,1-3H2. The zero-order valence-electron chi connectivity index (χ0n) is 5.24.